The molecule has 0 radical (unpaired) electrons. The minimum atomic E-state index is -3.56. The van der Waals surface area contributed by atoms with Gasteiger partial charge in [-0.1, -0.05) is 0 Å². The third-order valence-electron chi connectivity index (χ3n) is 2.74. The highest BCUT2D eigenvalue weighted by Crippen LogP contribution is 2.21. The molecular formula is C11H13NO5S. The SMILES string of the molecule is COC(=O)c1ccc(S(=O)(=O)N2CC(O)C2)cc1. The van der Waals surface area contributed by atoms with E-state index in [-0.39, 0.29) is 18.0 Å². The number of hydrogen-bond donors (Lipinski definition) is 1. The van der Waals surface area contributed by atoms with E-state index in [1.165, 1.54) is 35.7 Å². The third-order valence-corrected chi connectivity index (χ3v) is 4.59. The van der Waals surface area contributed by atoms with Crippen LogP contribution in [0.4, 0.5) is 0 Å². The second kappa shape index (κ2) is 4.68. The van der Waals surface area contributed by atoms with Crippen molar-refractivity contribution in [2.45, 2.75) is 11.0 Å². The number of methoxy groups -OCH3 is 1. The summed E-state index contributed by atoms with van der Waals surface area (Å²) in [6, 6.07) is 5.50. The number of carbonyl (C=O) groups is 1. The first kappa shape index (κ1) is 13.0. The van der Waals surface area contributed by atoms with Crippen LogP contribution in [0.3, 0.4) is 0 Å². The Morgan fingerprint density at radius 2 is 1.89 bits per heavy atom. The predicted octanol–water partition coefficient (Wildman–Crippen LogP) is -0.162. The Hall–Kier alpha value is -1.44. The Morgan fingerprint density at radius 1 is 1.33 bits per heavy atom. The van der Waals surface area contributed by atoms with Gasteiger partial charge in [0.05, 0.1) is 23.7 Å². The van der Waals surface area contributed by atoms with E-state index in [9.17, 15) is 13.2 Å². The van der Waals surface area contributed by atoms with Crippen molar-refractivity contribution in [3.05, 3.63) is 29.8 Å². The number of aliphatic hydroxyl groups is 1. The van der Waals surface area contributed by atoms with Crippen LogP contribution in [0.15, 0.2) is 29.2 Å². The fraction of sp³-hybridized carbons (Fsp3) is 0.364. The molecule has 6 nitrogen and oxygen atoms in total. The van der Waals surface area contributed by atoms with Crippen LogP contribution in [0.25, 0.3) is 0 Å². The van der Waals surface area contributed by atoms with E-state index in [0.29, 0.717) is 5.56 Å². The summed E-state index contributed by atoms with van der Waals surface area (Å²) in [6.07, 6.45) is -0.589. The molecule has 0 unspecified atom stereocenters. The van der Waals surface area contributed by atoms with Gasteiger partial charge in [-0.15, -0.1) is 0 Å². The van der Waals surface area contributed by atoms with Gasteiger partial charge in [0.2, 0.25) is 10.0 Å². The molecule has 1 heterocycles. The molecule has 7 heteroatoms. The summed E-state index contributed by atoms with van der Waals surface area (Å²) in [7, 11) is -2.30. The lowest BCUT2D eigenvalue weighted by Gasteiger charge is -2.34. The molecule has 1 aromatic rings. The standard InChI is InChI=1S/C11H13NO5S/c1-17-11(14)8-2-4-10(5-3-8)18(15,16)12-6-9(13)7-12/h2-5,9,13H,6-7H2,1H3. The number of nitrogens with zero attached hydrogens (tertiary/aromatic N) is 1. The highest BCUT2D eigenvalue weighted by atomic mass is 32.2. The molecule has 1 saturated heterocycles. The smallest absolute Gasteiger partial charge is 0.337 e. The lowest BCUT2D eigenvalue weighted by molar-refractivity contribution is 0.0548. The van der Waals surface area contributed by atoms with Crippen molar-refractivity contribution in [2.24, 2.45) is 0 Å². The third kappa shape index (κ3) is 2.24. The van der Waals surface area contributed by atoms with Crippen LogP contribution in [-0.4, -0.2) is 50.1 Å². The van der Waals surface area contributed by atoms with Gasteiger partial charge in [0.1, 0.15) is 0 Å². The van der Waals surface area contributed by atoms with Crippen LogP contribution in [-0.2, 0) is 14.8 Å². The fourth-order valence-electron chi connectivity index (χ4n) is 1.64. The maximum absolute atomic E-state index is 12.0. The summed E-state index contributed by atoms with van der Waals surface area (Å²) in [5, 5.41) is 9.11. The lowest BCUT2D eigenvalue weighted by atomic mass is 10.2. The number of ether oxygens (including phenoxy) is 1. The molecule has 0 aromatic heterocycles. The van der Waals surface area contributed by atoms with Crippen LogP contribution in [0.5, 0.6) is 0 Å². The number of sulfonamides is 1. The number of aliphatic hydroxyl groups excluding tert-OH is 1. The van der Waals surface area contributed by atoms with Gasteiger partial charge in [-0.25, -0.2) is 13.2 Å². The number of hydrogen-bond acceptors (Lipinski definition) is 5. The van der Waals surface area contributed by atoms with E-state index in [1.54, 1.807) is 0 Å². The second-order valence-corrected chi connectivity index (χ2v) is 5.93. The molecular weight excluding hydrogens is 258 g/mol. The lowest BCUT2D eigenvalue weighted by Crippen LogP contribution is -2.53. The monoisotopic (exact) mass is 271 g/mol. The van der Waals surface area contributed by atoms with Crippen LogP contribution >= 0.6 is 0 Å². The molecule has 0 saturated carbocycles. The first-order chi connectivity index (χ1) is 8.45. The Morgan fingerprint density at radius 3 is 2.33 bits per heavy atom. The molecule has 98 valence electrons. The highest BCUT2D eigenvalue weighted by molar-refractivity contribution is 7.89. The normalized spacial score (nSPS) is 17.2. The van der Waals surface area contributed by atoms with Gasteiger partial charge in [-0.3, -0.25) is 0 Å². The average Bonchev–Trinajstić information content (AvgIpc) is 2.34. The summed E-state index contributed by atoms with van der Waals surface area (Å²) < 4.78 is 29.7. The predicted molar refractivity (Wildman–Crippen MR) is 62.5 cm³/mol. The maximum atomic E-state index is 12.0. The number of esters is 1. The topological polar surface area (TPSA) is 83.9 Å². The van der Waals surface area contributed by atoms with E-state index in [0.717, 1.165) is 0 Å². The van der Waals surface area contributed by atoms with Gasteiger partial charge < -0.3 is 9.84 Å². The molecule has 0 aliphatic carbocycles. The van der Waals surface area contributed by atoms with Crippen LogP contribution < -0.4 is 0 Å². The van der Waals surface area contributed by atoms with E-state index < -0.39 is 22.1 Å². The van der Waals surface area contributed by atoms with Crippen LogP contribution in [0, 0.1) is 0 Å². The van der Waals surface area contributed by atoms with Crippen molar-refractivity contribution in [1.29, 1.82) is 0 Å². The Kier molecular flexibility index (Phi) is 3.38. The van der Waals surface area contributed by atoms with Gasteiger partial charge in [-0.05, 0) is 24.3 Å². The van der Waals surface area contributed by atoms with Crippen molar-refractivity contribution >= 4 is 16.0 Å². The fourth-order valence-corrected chi connectivity index (χ4v) is 3.16. The van der Waals surface area contributed by atoms with Crippen molar-refractivity contribution in [3.8, 4) is 0 Å². The zero-order valence-electron chi connectivity index (χ0n) is 9.74. The van der Waals surface area contributed by atoms with Crippen LogP contribution in [0.2, 0.25) is 0 Å². The van der Waals surface area contributed by atoms with Gasteiger partial charge in [-0.2, -0.15) is 4.31 Å². The summed E-state index contributed by atoms with van der Waals surface area (Å²) in [5.41, 5.74) is 0.292. The van der Waals surface area contributed by atoms with Crippen molar-refractivity contribution in [3.63, 3.8) is 0 Å². The molecule has 1 aromatic carbocycles. The summed E-state index contributed by atoms with van der Waals surface area (Å²) in [4.78, 5) is 11.3. The van der Waals surface area contributed by atoms with E-state index in [2.05, 4.69) is 4.74 Å². The molecule has 0 bridgehead atoms. The number of benzene rings is 1. The molecule has 0 spiro atoms. The quantitative estimate of drug-likeness (QED) is 0.772. The Labute approximate surface area is 105 Å². The molecule has 18 heavy (non-hydrogen) atoms. The van der Waals surface area contributed by atoms with Gasteiger partial charge in [0.25, 0.3) is 0 Å². The molecule has 0 atom stereocenters. The van der Waals surface area contributed by atoms with Crippen molar-refractivity contribution < 1.29 is 23.1 Å². The average molecular weight is 271 g/mol. The number of β-amino-alcohol motifs (C(OH)–C–C–N with tert-alkyl or cyclic N) is 1. The maximum Gasteiger partial charge on any atom is 0.337 e. The largest absolute Gasteiger partial charge is 0.465 e. The molecule has 1 aliphatic rings. The van der Waals surface area contributed by atoms with Gasteiger partial charge in [0.15, 0.2) is 0 Å². The van der Waals surface area contributed by atoms with E-state index in [4.69, 9.17) is 5.11 Å². The summed E-state index contributed by atoms with van der Waals surface area (Å²) in [6.45, 7) is 0.224. The molecule has 0 amide bonds. The second-order valence-electron chi connectivity index (χ2n) is 3.99. The van der Waals surface area contributed by atoms with Crippen LogP contribution in [0.1, 0.15) is 10.4 Å². The van der Waals surface area contributed by atoms with E-state index in [1.807, 2.05) is 0 Å². The molecule has 2 rings (SSSR count). The zero-order chi connectivity index (χ0) is 13.3. The zero-order valence-corrected chi connectivity index (χ0v) is 10.6. The summed E-state index contributed by atoms with van der Waals surface area (Å²) >= 11 is 0. The molecule has 1 aliphatic heterocycles. The number of carbonyl (C=O) groups excluding carboxylic acids is 1. The minimum Gasteiger partial charge on any atom is -0.465 e. The highest BCUT2D eigenvalue weighted by Gasteiger charge is 2.35. The van der Waals surface area contributed by atoms with E-state index >= 15 is 0 Å². The summed E-state index contributed by atoms with van der Waals surface area (Å²) in [5.74, 6) is -0.515. The number of rotatable bonds is 3. The Balaban J connectivity index is 2.22. The van der Waals surface area contributed by atoms with Gasteiger partial charge >= 0.3 is 5.97 Å². The minimum absolute atomic E-state index is 0.0991. The van der Waals surface area contributed by atoms with Crippen molar-refractivity contribution in [2.75, 3.05) is 20.2 Å². The Bertz CT molecular complexity index is 545. The first-order valence-electron chi connectivity index (χ1n) is 5.32. The first-order valence-corrected chi connectivity index (χ1v) is 6.76. The van der Waals surface area contributed by atoms with Crippen molar-refractivity contribution in [1.82, 2.24) is 4.31 Å². The molecule has 1 fully saturated rings. The molecule has 1 N–H and O–H groups in total. The van der Waals surface area contributed by atoms with Gasteiger partial charge in [0, 0.05) is 13.1 Å².